The minimum absolute atomic E-state index is 0.179. The molecule has 1 N–H and O–H groups in total. The quantitative estimate of drug-likeness (QED) is 0.361. The summed E-state index contributed by atoms with van der Waals surface area (Å²) in [5.41, 5.74) is 9.91. The summed E-state index contributed by atoms with van der Waals surface area (Å²) in [6, 6.07) is 1.70. The second-order valence-corrected chi connectivity index (χ2v) is 3.55. The maximum absolute atomic E-state index is 11.8. The lowest BCUT2D eigenvalue weighted by molar-refractivity contribution is 0.0952. The van der Waals surface area contributed by atoms with Gasteiger partial charge in [-0.15, -0.1) is 0 Å². The lowest BCUT2D eigenvalue weighted by atomic mass is 10.2. The molecule has 0 bridgehead atoms. The maximum Gasteiger partial charge on any atom is 0.253 e. The van der Waals surface area contributed by atoms with Crippen LogP contribution in [0.15, 0.2) is 11.2 Å². The highest BCUT2D eigenvalue weighted by atomic mass is 16.1. The number of aromatic nitrogens is 2. The molecule has 0 atom stereocenters. The Kier molecular flexibility index (Phi) is 4.90. The van der Waals surface area contributed by atoms with Gasteiger partial charge < -0.3 is 5.32 Å². The van der Waals surface area contributed by atoms with Gasteiger partial charge in [-0.1, -0.05) is 5.11 Å². The molecule has 0 radical (unpaired) electrons. The van der Waals surface area contributed by atoms with Crippen LogP contribution in [0.1, 0.15) is 28.2 Å². The highest BCUT2D eigenvalue weighted by molar-refractivity contribution is 5.95. The van der Waals surface area contributed by atoms with E-state index in [1.807, 2.05) is 0 Å². The topological polar surface area (TPSA) is 104 Å². The van der Waals surface area contributed by atoms with Gasteiger partial charge in [0.1, 0.15) is 0 Å². The van der Waals surface area contributed by atoms with E-state index in [9.17, 15) is 4.79 Å². The van der Waals surface area contributed by atoms with E-state index in [0.29, 0.717) is 36.5 Å². The molecule has 7 nitrogen and oxygen atoms in total. The molecule has 1 aromatic rings. The van der Waals surface area contributed by atoms with Crippen molar-refractivity contribution in [1.29, 1.82) is 0 Å². The molecule has 0 unspecified atom stereocenters. The summed E-state index contributed by atoms with van der Waals surface area (Å²) in [7, 11) is 0. The number of hydrogen-bond acceptors (Lipinski definition) is 4. The standard InChI is InChI=1S/C10H14N6O/c1-7-6-9(8(2)15-14-7)10(17)12-4-3-5-13-16-11/h6H,3-5H2,1-2H3,(H,12,17). The molecule has 0 saturated heterocycles. The van der Waals surface area contributed by atoms with Crippen LogP contribution in [0.5, 0.6) is 0 Å². The number of rotatable bonds is 5. The second-order valence-electron chi connectivity index (χ2n) is 3.55. The van der Waals surface area contributed by atoms with E-state index >= 15 is 0 Å². The zero-order valence-electron chi connectivity index (χ0n) is 9.84. The smallest absolute Gasteiger partial charge is 0.253 e. The van der Waals surface area contributed by atoms with Crippen LogP contribution in [0.2, 0.25) is 0 Å². The molecule has 0 fully saturated rings. The Morgan fingerprint density at radius 2 is 2.29 bits per heavy atom. The Morgan fingerprint density at radius 3 is 3.00 bits per heavy atom. The number of amides is 1. The Bertz CT molecular complexity index is 452. The number of carbonyl (C=O) groups excluding carboxylic acids is 1. The lowest BCUT2D eigenvalue weighted by Crippen LogP contribution is -2.26. The molecule has 0 aliphatic rings. The van der Waals surface area contributed by atoms with Gasteiger partial charge in [0.05, 0.1) is 17.0 Å². The fraction of sp³-hybridized carbons (Fsp3) is 0.500. The first-order valence-electron chi connectivity index (χ1n) is 5.25. The third-order valence-electron chi connectivity index (χ3n) is 2.13. The number of carbonyl (C=O) groups is 1. The first-order valence-corrected chi connectivity index (χ1v) is 5.25. The van der Waals surface area contributed by atoms with Crippen molar-refractivity contribution >= 4 is 5.91 Å². The molecular formula is C10H14N6O. The van der Waals surface area contributed by atoms with E-state index in [4.69, 9.17) is 5.53 Å². The van der Waals surface area contributed by atoms with Gasteiger partial charge in [-0.25, -0.2) is 0 Å². The summed E-state index contributed by atoms with van der Waals surface area (Å²) in [6.45, 7) is 4.37. The van der Waals surface area contributed by atoms with Crippen molar-refractivity contribution in [2.24, 2.45) is 5.11 Å². The third kappa shape index (κ3) is 4.08. The van der Waals surface area contributed by atoms with Crippen molar-refractivity contribution < 1.29 is 4.79 Å². The predicted molar refractivity (Wildman–Crippen MR) is 62.5 cm³/mol. The molecule has 7 heteroatoms. The first kappa shape index (κ1) is 12.9. The van der Waals surface area contributed by atoms with Gasteiger partial charge in [0.15, 0.2) is 0 Å². The van der Waals surface area contributed by atoms with Crippen LogP contribution in [0.4, 0.5) is 0 Å². The predicted octanol–water partition coefficient (Wildman–Crippen LogP) is 1.52. The van der Waals surface area contributed by atoms with Gasteiger partial charge in [0.2, 0.25) is 0 Å². The average molecular weight is 234 g/mol. The van der Waals surface area contributed by atoms with Crippen molar-refractivity contribution in [2.75, 3.05) is 13.1 Å². The van der Waals surface area contributed by atoms with Crippen LogP contribution in [-0.2, 0) is 0 Å². The molecule has 0 spiro atoms. The molecule has 17 heavy (non-hydrogen) atoms. The number of nitrogens with one attached hydrogen (secondary N) is 1. The summed E-state index contributed by atoms with van der Waals surface area (Å²) >= 11 is 0. The van der Waals surface area contributed by atoms with Crippen LogP contribution >= 0.6 is 0 Å². The van der Waals surface area contributed by atoms with E-state index in [1.54, 1.807) is 19.9 Å². The second kappa shape index (κ2) is 6.44. The van der Waals surface area contributed by atoms with E-state index in [1.165, 1.54) is 0 Å². The van der Waals surface area contributed by atoms with E-state index in [0.717, 1.165) is 0 Å². The number of azide groups is 1. The Balaban J connectivity index is 2.52. The molecule has 90 valence electrons. The normalized spacial score (nSPS) is 9.53. The summed E-state index contributed by atoms with van der Waals surface area (Å²) in [4.78, 5) is 14.4. The summed E-state index contributed by atoms with van der Waals surface area (Å²) in [6.07, 6.45) is 0.617. The van der Waals surface area contributed by atoms with Crippen molar-refractivity contribution in [3.05, 3.63) is 33.5 Å². The van der Waals surface area contributed by atoms with Gasteiger partial charge >= 0.3 is 0 Å². The van der Waals surface area contributed by atoms with Gasteiger partial charge in [0.25, 0.3) is 5.91 Å². The summed E-state index contributed by atoms with van der Waals surface area (Å²) < 4.78 is 0. The largest absolute Gasteiger partial charge is 0.352 e. The molecule has 1 heterocycles. The highest BCUT2D eigenvalue weighted by Crippen LogP contribution is 2.04. The number of nitrogens with zero attached hydrogens (tertiary/aromatic N) is 5. The molecule has 0 aromatic carbocycles. The van der Waals surface area contributed by atoms with Crippen molar-refractivity contribution in [2.45, 2.75) is 20.3 Å². The van der Waals surface area contributed by atoms with Crippen LogP contribution in [0.3, 0.4) is 0 Å². The van der Waals surface area contributed by atoms with E-state index < -0.39 is 0 Å². The molecule has 1 aromatic heterocycles. The lowest BCUT2D eigenvalue weighted by Gasteiger charge is -2.06. The zero-order valence-corrected chi connectivity index (χ0v) is 9.84. The monoisotopic (exact) mass is 234 g/mol. The minimum Gasteiger partial charge on any atom is -0.352 e. The molecule has 0 aliphatic carbocycles. The van der Waals surface area contributed by atoms with Crippen molar-refractivity contribution in [3.63, 3.8) is 0 Å². The number of hydrogen-bond donors (Lipinski definition) is 1. The van der Waals surface area contributed by atoms with Gasteiger partial charge in [-0.3, -0.25) is 4.79 Å². The van der Waals surface area contributed by atoms with Crippen LogP contribution < -0.4 is 5.32 Å². The fourth-order valence-electron chi connectivity index (χ4n) is 1.27. The maximum atomic E-state index is 11.8. The Morgan fingerprint density at radius 1 is 1.53 bits per heavy atom. The summed E-state index contributed by atoms with van der Waals surface area (Å²) in [5.74, 6) is -0.179. The van der Waals surface area contributed by atoms with Crippen molar-refractivity contribution in [3.8, 4) is 0 Å². The SMILES string of the molecule is Cc1cc(C(=O)NCCCN=[N+]=[N-])c(C)nn1. The molecule has 1 amide bonds. The first-order chi connectivity index (χ1) is 8.15. The highest BCUT2D eigenvalue weighted by Gasteiger charge is 2.09. The Hall–Kier alpha value is -2.14. The fourth-order valence-corrected chi connectivity index (χ4v) is 1.27. The van der Waals surface area contributed by atoms with E-state index in [-0.39, 0.29) is 5.91 Å². The molecule has 0 saturated carbocycles. The van der Waals surface area contributed by atoms with Crippen molar-refractivity contribution in [1.82, 2.24) is 15.5 Å². The van der Waals surface area contributed by atoms with Crippen LogP contribution in [0.25, 0.3) is 10.4 Å². The van der Waals surface area contributed by atoms with Crippen LogP contribution in [0, 0.1) is 13.8 Å². The van der Waals surface area contributed by atoms with Gasteiger partial charge in [0, 0.05) is 18.0 Å². The molecular weight excluding hydrogens is 220 g/mol. The van der Waals surface area contributed by atoms with E-state index in [2.05, 4.69) is 25.5 Å². The number of aryl methyl sites for hydroxylation is 2. The minimum atomic E-state index is -0.179. The third-order valence-corrected chi connectivity index (χ3v) is 2.13. The summed E-state index contributed by atoms with van der Waals surface area (Å²) in [5, 5.41) is 13.9. The van der Waals surface area contributed by atoms with Gasteiger partial charge in [-0.2, -0.15) is 10.2 Å². The Labute approximate surface area is 98.9 Å². The average Bonchev–Trinajstić information content (AvgIpc) is 2.32. The molecule has 1 rings (SSSR count). The van der Waals surface area contributed by atoms with Gasteiger partial charge in [-0.05, 0) is 31.9 Å². The zero-order chi connectivity index (χ0) is 12.7. The molecule has 0 aliphatic heterocycles. The van der Waals surface area contributed by atoms with Crippen LogP contribution in [-0.4, -0.2) is 29.2 Å².